The van der Waals surface area contributed by atoms with E-state index >= 15 is 0 Å². The summed E-state index contributed by atoms with van der Waals surface area (Å²) in [5.74, 6) is -1.30. The number of phenols is 1. The van der Waals surface area contributed by atoms with Crippen LogP contribution in [0.2, 0.25) is 0 Å². The van der Waals surface area contributed by atoms with Crippen LogP contribution in [0.1, 0.15) is 47.8 Å². The van der Waals surface area contributed by atoms with E-state index in [1.54, 1.807) is 42.5 Å². The molecule has 6 N–H and O–H groups in total. The maximum absolute atomic E-state index is 13.7. The van der Waals surface area contributed by atoms with Crippen LogP contribution in [-0.2, 0) is 9.53 Å². The molecule has 2 saturated heterocycles. The van der Waals surface area contributed by atoms with Gasteiger partial charge in [0, 0.05) is 11.3 Å². The summed E-state index contributed by atoms with van der Waals surface area (Å²) in [5.41, 5.74) is 3.31. The van der Waals surface area contributed by atoms with E-state index in [0.29, 0.717) is 40.8 Å². The van der Waals surface area contributed by atoms with Gasteiger partial charge in [-0.15, -0.1) is 0 Å². The van der Waals surface area contributed by atoms with Crippen molar-refractivity contribution < 1.29 is 44.6 Å². The van der Waals surface area contributed by atoms with Crippen molar-refractivity contribution in [3.8, 4) is 16.9 Å². The number of anilines is 1. The summed E-state index contributed by atoms with van der Waals surface area (Å²) < 4.78 is 19.6. The number of phenolic OH excluding ortho intramolecular Hbond substituents is 1. The first kappa shape index (κ1) is 31.8. The first-order chi connectivity index (χ1) is 22.2. The molecule has 2 aliphatic rings. The molecule has 2 fully saturated rings. The molecule has 2 aliphatic heterocycles. The van der Waals surface area contributed by atoms with Crippen LogP contribution in [0.5, 0.6) is 5.75 Å². The third-order valence-electron chi connectivity index (χ3n) is 9.07. The second-order valence-electron chi connectivity index (χ2n) is 11.9. The molecule has 0 radical (unpaired) electrons. The molecule has 240 valence electrons. The second-order valence-corrected chi connectivity index (χ2v) is 11.9. The molecular weight excluding hydrogens is 593 g/mol. The first-order valence-electron chi connectivity index (χ1n) is 15.2. The van der Waals surface area contributed by atoms with Crippen molar-refractivity contribution in [1.29, 1.82) is 0 Å². The fourth-order valence-corrected chi connectivity index (χ4v) is 6.58. The molecule has 2 heterocycles. The van der Waals surface area contributed by atoms with Gasteiger partial charge in [0.15, 0.2) is 0 Å². The summed E-state index contributed by atoms with van der Waals surface area (Å²) in [6.45, 7) is -0.562. The van der Waals surface area contributed by atoms with Gasteiger partial charge in [-0.05, 0) is 65.4 Å². The predicted molar refractivity (Wildman–Crippen MR) is 167 cm³/mol. The fourth-order valence-electron chi connectivity index (χ4n) is 6.58. The van der Waals surface area contributed by atoms with Crippen LogP contribution in [-0.4, -0.2) is 67.6 Å². The minimum Gasteiger partial charge on any atom is -0.508 e. The number of rotatable bonds is 9. The predicted octanol–water partition coefficient (Wildman–Crippen LogP) is 3.93. The average molecular weight is 630 g/mol. The van der Waals surface area contributed by atoms with Gasteiger partial charge >= 0.3 is 0 Å². The molecule has 4 aromatic rings. The molecule has 46 heavy (non-hydrogen) atoms. The highest BCUT2D eigenvalue weighted by Crippen LogP contribution is 2.49. The number of hydrogen-bond acceptors (Lipinski definition) is 8. The minimum atomic E-state index is -1.55. The molecule has 0 bridgehead atoms. The molecule has 4 aromatic carbocycles. The zero-order valence-electron chi connectivity index (χ0n) is 24.8. The van der Waals surface area contributed by atoms with Crippen molar-refractivity contribution >= 4 is 11.6 Å². The number of nitrogens with zero attached hydrogens (tertiary/aromatic N) is 1. The summed E-state index contributed by atoms with van der Waals surface area (Å²) >= 11 is 0. The maximum Gasteiger partial charge on any atom is 0.233 e. The van der Waals surface area contributed by atoms with Crippen molar-refractivity contribution in [3.05, 3.63) is 120 Å². The molecule has 6 rings (SSSR count). The molecule has 10 heteroatoms. The fraction of sp³-hybridized carbons (Fsp3) is 0.306. The van der Waals surface area contributed by atoms with Crippen molar-refractivity contribution in [2.75, 3.05) is 11.5 Å². The normalized spacial score (nSPS) is 26.9. The lowest BCUT2D eigenvalue weighted by molar-refractivity contribution is -0.231. The molecule has 1 amide bonds. The number of ether oxygens (including phenoxy) is 1. The van der Waals surface area contributed by atoms with Gasteiger partial charge in [0.2, 0.25) is 5.91 Å². The van der Waals surface area contributed by atoms with E-state index in [2.05, 4.69) is 0 Å². The van der Waals surface area contributed by atoms with Gasteiger partial charge in [0.25, 0.3) is 0 Å². The Morgan fingerprint density at radius 3 is 2.22 bits per heavy atom. The van der Waals surface area contributed by atoms with Gasteiger partial charge in [-0.3, -0.25) is 4.79 Å². The van der Waals surface area contributed by atoms with Crippen LogP contribution in [0.15, 0.2) is 97.1 Å². The lowest BCUT2D eigenvalue weighted by Crippen LogP contribution is -2.55. The number of β-lactam (4-membered cyclic amide) rings is 1. The van der Waals surface area contributed by atoms with E-state index in [-0.39, 0.29) is 11.7 Å². The van der Waals surface area contributed by atoms with Gasteiger partial charge in [0.05, 0.1) is 24.7 Å². The maximum atomic E-state index is 13.7. The van der Waals surface area contributed by atoms with Crippen LogP contribution in [0, 0.1) is 11.7 Å². The molecule has 0 spiro atoms. The Hall–Kier alpha value is -4.16. The standard InChI is InChI=1S/C36H36FNO8/c37-22-11-13-23(14-12-22)38-31(27(36(38)45)16-17-28(40)20-6-2-1-3-7-20)26-15-10-21(18-29(26)41)24-8-4-5-9-25(24)35-34(44)33(43)32(42)30(19-39)46-35/h1-15,18,27-28,30-35,39-44H,16-17,19H2/t27-,28+,30-,31-,32-,33+,34-,35+/m1/s1. The van der Waals surface area contributed by atoms with Gasteiger partial charge in [-0.25, -0.2) is 4.39 Å². The number of carbonyl (C=O) groups excluding carboxylic acids is 1. The van der Waals surface area contributed by atoms with Gasteiger partial charge in [0.1, 0.15) is 42.1 Å². The lowest BCUT2D eigenvalue weighted by atomic mass is 9.77. The summed E-state index contributed by atoms with van der Waals surface area (Å²) in [5, 5.41) is 63.3. The van der Waals surface area contributed by atoms with E-state index < -0.39 is 61.0 Å². The van der Waals surface area contributed by atoms with Crippen LogP contribution >= 0.6 is 0 Å². The van der Waals surface area contributed by atoms with Crippen molar-refractivity contribution in [2.24, 2.45) is 5.92 Å². The topological polar surface area (TPSA) is 151 Å². The summed E-state index contributed by atoms with van der Waals surface area (Å²) in [7, 11) is 0. The van der Waals surface area contributed by atoms with Crippen molar-refractivity contribution in [1.82, 2.24) is 0 Å². The molecule has 8 atom stereocenters. The zero-order chi connectivity index (χ0) is 32.5. The summed E-state index contributed by atoms with van der Waals surface area (Å²) in [4.78, 5) is 15.0. The molecule has 0 unspecified atom stereocenters. The van der Waals surface area contributed by atoms with Gasteiger partial charge < -0.3 is 40.3 Å². The Morgan fingerprint density at radius 1 is 0.826 bits per heavy atom. The lowest BCUT2D eigenvalue weighted by Gasteiger charge is -2.48. The number of hydrogen-bond donors (Lipinski definition) is 6. The third-order valence-corrected chi connectivity index (χ3v) is 9.07. The highest BCUT2D eigenvalue weighted by Gasteiger charge is 2.49. The van der Waals surface area contributed by atoms with E-state index in [4.69, 9.17) is 4.74 Å². The molecule has 0 aromatic heterocycles. The monoisotopic (exact) mass is 629 g/mol. The average Bonchev–Trinajstić information content (AvgIpc) is 3.07. The quantitative estimate of drug-likeness (QED) is 0.153. The Kier molecular flexibility index (Phi) is 9.19. The van der Waals surface area contributed by atoms with Gasteiger partial charge in [-0.1, -0.05) is 66.7 Å². The number of aromatic hydroxyl groups is 1. The Balaban J connectivity index is 1.32. The third kappa shape index (κ3) is 5.91. The number of amides is 1. The van der Waals surface area contributed by atoms with Crippen LogP contribution < -0.4 is 4.90 Å². The van der Waals surface area contributed by atoms with E-state index in [9.17, 15) is 39.8 Å². The van der Waals surface area contributed by atoms with E-state index in [1.165, 1.54) is 29.2 Å². The second kappa shape index (κ2) is 13.3. The Morgan fingerprint density at radius 2 is 1.52 bits per heavy atom. The summed E-state index contributed by atoms with van der Waals surface area (Å²) in [6, 6.07) is 26.1. The SMILES string of the molecule is O=C1[C@H](CC[C@H](O)c2ccccc2)[C@@H](c2ccc(-c3ccccc3[C@@H]3O[C@H](CO)[C@@H](O)[C@H](O)[C@H]3O)cc2O)N1c1ccc(F)cc1. The zero-order valence-corrected chi connectivity index (χ0v) is 24.8. The smallest absolute Gasteiger partial charge is 0.233 e. The van der Waals surface area contributed by atoms with Crippen molar-refractivity contribution in [2.45, 2.75) is 55.5 Å². The largest absolute Gasteiger partial charge is 0.508 e. The number of aliphatic hydroxyl groups is 5. The number of aliphatic hydroxyl groups excluding tert-OH is 5. The highest BCUT2D eigenvalue weighted by atomic mass is 19.1. The van der Waals surface area contributed by atoms with Crippen LogP contribution in [0.25, 0.3) is 11.1 Å². The molecule has 0 aliphatic carbocycles. The number of halogens is 1. The molecule has 0 saturated carbocycles. The molecule has 9 nitrogen and oxygen atoms in total. The summed E-state index contributed by atoms with van der Waals surface area (Å²) in [6.07, 6.45) is -6.80. The number of carbonyl (C=O) groups is 1. The van der Waals surface area contributed by atoms with E-state index in [0.717, 1.165) is 5.56 Å². The first-order valence-corrected chi connectivity index (χ1v) is 15.2. The minimum absolute atomic E-state index is 0.0978. The van der Waals surface area contributed by atoms with Crippen molar-refractivity contribution in [3.63, 3.8) is 0 Å². The Labute approximate surface area is 265 Å². The van der Waals surface area contributed by atoms with E-state index in [1.807, 2.05) is 30.3 Å². The highest BCUT2D eigenvalue weighted by molar-refractivity contribution is 6.03. The molecular formula is C36H36FNO8. The van der Waals surface area contributed by atoms with Crippen LogP contribution in [0.4, 0.5) is 10.1 Å². The van der Waals surface area contributed by atoms with Gasteiger partial charge in [-0.2, -0.15) is 0 Å². The Bertz CT molecular complexity index is 1670. The van der Waals surface area contributed by atoms with Crippen LogP contribution in [0.3, 0.4) is 0 Å². The number of benzene rings is 4.